The number of fused-ring (bicyclic) bond motifs is 1. The summed E-state index contributed by atoms with van der Waals surface area (Å²) in [5, 5.41) is 3.78. The fraction of sp³-hybridized carbons (Fsp3) is 0.837. The van der Waals surface area contributed by atoms with Gasteiger partial charge in [-0.1, -0.05) is 96.8 Å². The molecule has 56 heavy (non-hydrogen) atoms. The molecule has 13 heteroatoms. The maximum Gasteiger partial charge on any atom is 0.337 e. The standard InChI is InChI=1S/C43H75N9O4/c1-3-4-5-6-7-9-12-15-21-32-30-33-24-25-36-37(31(2)48-43(49-32)52(33)36)39(53)55-28-18-14-11-8-10-13-16-22-34-38(35-23-20-27-51(35)42(46)50-34)40(54)56-29-19-17-26-47-41(44)45/h31-34,36-37H,3-30H2,1-2H3,(H2,46,50)(H,48,49)(H4,44,45,47)/t31-,32+,33-,34?,36+,37+/m1/s1. The average Bonchev–Trinajstić information content (AvgIpc) is 3.83. The summed E-state index contributed by atoms with van der Waals surface area (Å²) in [7, 11) is 0. The predicted molar refractivity (Wildman–Crippen MR) is 225 cm³/mol. The monoisotopic (exact) mass is 782 g/mol. The highest BCUT2D eigenvalue weighted by molar-refractivity contribution is 5.95. The lowest BCUT2D eigenvalue weighted by molar-refractivity contribution is -0.151. The lowest BCUT2D eigenvalue weighted by Crippen LogP contribution is -2.63. The molecule has 3 saturated heterocycles. The molecule has 0 aromatic heterocycles. The second kappa shape index (κ2) is 23.0. The molecule has 5 aliphatic heterocycles. The molecule has 6 atom stereocenters. The van der Waals surface area contributed by atoms with Crippen molar-refractivity contribution in [3.63, 3.8) is 0 Å². The number of nitrogens with zero attached hydrogens (tertiary/aromatic N) is 5. The van der Waals surface area contributed by atoms with Gasteiger partial charge < -0.3 is 41.8 Å². The van der Waals surface area contributed by atoms with E-state index in [1.165, 1.54) is 57.8 Å². The van der Waals surface area contributed by atoms with Gasteiger partial charge in [0.25, 0.3) is 0 Å². The smallest absolute Gasteiger partial charge is 0.337 e. The van der Waals surface area contributed by atoms with Crippen LogP contribution >= 0.6 is 0 Å². The summed E-state index contributed by atoms with van der Waals surface area (Å²) in [5.41, 5.74) is 18.8. The summed E-state index contributed by atoms with van der Waals surface area (Å²) in [6, 6.07) is 0.874. The molecular formula is C43H75N9O4. The zero-order valence-electron chi connectivity index (χ0n) is 34.9. The van der Waals surface area contributed by atoms with Crippen LogP contribution in [0.1, 0.15) is 168 Å². The lowest BCUT2D eigenvalue weighted by Gasteiger charge is -2.46. The van der Waals surface area contributed by atoms with Crippen LogP contribution in [-0.2, 0) is 19.1 Å². The molecule has 0 aliphatic carbocycles. The Bertz CT molecular complexity index is 1380. The third kappa shape index (κ3) is 12.5. The Labute approximate surface area is 337 Å². The van der Waals surface area contributed by atoms with Crippen molar-refractivity contribution in [1.29, 1.82) is 0 Å². The number of unbranched alkanes of at least 4 members (excludes halogenated alkanes) is 14. The first-order chi connectivity index (χ1) is 27.3. The van der Waals surface area contributed by atoms with Crippen LogP contribution in [0.25, 0.3) is 0 Å². The molecule has 0 aromatic rings. The highest BCUT2D eigenvalue weighted by atomic mass is 16.5. The molecule has 0 aromatic carbocycles. The van der Waals surface area contributed by atoms with E-state index in [4.69, 9.17) is 36.7 Å². The quantitative estimate of drug-likeness (QED) is 0.0332. The van der Waals surface area contributed by atoms with E-state index >= 15 is 0 Å². The van der Waals surface area contributed by atoms with Gasteiger partial charge in [0.2, 0.25) is 0 Å². The second-order valence-electron chi connectivity index (χ2n) is 17.0. The van der Waals surface area contributed by atoms with Gasteiger partial charge >= 0.3 is 11.9 Å². The first-order valence-electron chi connectivity index (χ1n) is 22.6. The molecule has 0 amide bonds. The Hall–Kier alpha value is -3.51. The third-order valence-electron chi connectivity index (χ3n) is 12.6. The van der Waals surface area contributed by atoms with E-state index in [2.05, 4.69) is 29.1 Å². The van der Waals surface area contributed by atoms with Crippen LogP contribution < -0.4 is 22.5 Å². The molecule has 7 N–H and O–H groups in total. The molecule has 5 rings (SSSR count). The zero-order chi connectivity index (χ0) is 39.7. The van der Waals surface area contributed by atoms with Gasteiger partial charge in [0.15, 0.2) is 17.9 Å². The summed E-state index contributed by atoms with van der Waals surface area (Å²) < 4.78 is 11.6. The van der Waals surface area contributed by atoms with E-state index in [-0.39, 0.29) is 41.9 Å². The molecule has 0 spiro atoms. The fourth-order valence-electron chi connectivity index (χ4n) is 9.65. The maximum atomic E-state index is 13.4. The van der Waals surface area contributed by atoms with E-state index in [0.29, 0.717) is 49.8 Å². The number of allylic oxidation sites excluding steroid dienone is 1. The van der Waals surface area contributed by atoms with Crippen LogP contribution in [-0.4, -0.2) is 96.1 Å². The van der Waals surface area contributed by atoms with Crippen LogP contribution in [0.2, 0.25) is 0 Å². The average molecular weight is 782 g/mol. The zero-order valence-corrected chi connectivity index (χ0v) is 34.9. The van der Waals surface area contributed by atoms with Crippen molar-refractivity contribution in [2.24, 2.45) is 38.1 Å². The van der Waals surface area contributed by atoms with E-state index in [1.807, 2.05) is 4.90 Å². The molecule has 13 nitrogen and oxygen atoms in total. The minimum absolute atomic E-state index is 0.0643. The number of aliphatic imine (C=N–C) groups is 3. The fourth-order valence-corrected chi connectivity index (χ4v) is 9.65. The van der Waals surface area contributed by atoms with Gasteiger partial charge in [0.1, 0.15) is 0 Å². The van der Waals surface area contributed by atoms with Gasteiger partial charge in [0.05, 0.1) is 36.8 Å². The number of carbonyl (C=O) groups is 2. The molecule has 316 valence electrons. The molecule has 5 aliphatic rings. The summed E-state index contributed by atoms with van der Waals surface area (Å²) in [6.45, 7) is 6.49. The van der Waals surface area contributed by atoms with Crippen molar-refractivity contribution in [3.8, 4) is 0 Å². The highest BCUT2D eigenvalue weighted by Crippen LogP contribution is 2.40. The summed E-state index contributed by atoms with van der Waals surface area (Å²) in [6.07, 6.45) is 26.7. The summed E-state index contributed by atoms with van der Waals surface area (Å²) in [4.78, 5) is 44.9. The first-order valence-corrected chi connectivity index (χ1v) is 22.6. The lowest BCUT2D eigenvalue weighted by atomic mass is 9.89. The first kappa shape index (κ1) is 43.6. The predicted octanol–water partition coefficient (Wildman–Crippen LogP) is 6.39. The van der Waals surface area contributed by atoms with Crippen LogP contribution in [0.3, 0.4) is 0 Å². The Morgan fingerprint density at radius 3 is 2.23 bits per heavy atom. The molecule has 1 unspecified atom stereocenters. The van der Waals surface area contributed by atoms with Crippen molar-refractivity contribution >= 4 is 29.8 Å². The highest BCUT2D eigenvalue weighted by Gasteiger charge is 2.51. The van der Waals surface area contributed by atoms with Crippen molar-refractivity contribution in [2.45, 2.75) is 198 Å². The molecule has 5 heterocycles. The van der Waals surface area contributed by atoms with E-state index in [9.17, 15) is 9.59 Å². The minimum Gasteiger partial charge on any atom is -0.465 e. The maximum absolute atomic E-state index is 13.4. The van der Waals surface area contributed by atoms with Gasteiger partial charge in [-0.15, -0.1) is 0 Å². The number of hydrogen-bond donors (Lipinski definition) is 4. The van der Waals surface area contributed by atoms with Crippen LogP contribution in [0, 0.1) is 5.92 Å². The number of esters is 2. The third-order valence-corrected chi connectivity index (χ3v) is 12.6. The molecule has 3 fully saturated rings. The van der Waals surface area contributed by atoms with Crippen molar-refractivity contribution < 1.29 is 19.1 Å². The number of hydrogen-bond acceptors (Lipinski definition) is 11. The Morgan fingerprint density at radius 1 is 0.839 bits per heavy atom. The van der Waals surface area contributed by atoms with Crippen LogP contribution in [0.15, 0.2) is 26.2 Å². The number of rotatable bonds is 26. The van der Waals surface area contributed by atoms with Gasteiger partial charge in [-0.3, -0.25) is 9.79 Å². The van der Waals surface area contributed by atoms with Gasteiger partial charge in [-0.05, 0) is 71.1 Å². The Morgan fingerprint density at radius 2 is 1.50 bits per heavy atom. The summed E-state index contributed by atoms with van der Waals surface area (Å²) in [5.74, 6) is 1.09. The Balaban J connectivity index is 0.940. The minimum atomic E-state index is -0.278. The van der Waals surface area contributed by atoms with E-state index < -0.39 is 0 Å². The second-order valence-corrected chi connectivity index (χ2v) is 17.0. The van der Waals surface area contributed by atoms with Gasteiger partial charge in [-0.2, -0.15) is 0 Å². The van der Waals surface area contributed by atoms with Crippen LogP contribution in [0.4, 0.5) is 0 Å². The number of guanidine groups is 3. The normalized spacial score (nSPS) is 25.2. The molecule has 0 radical (unpaired) electrons. The van der Waals surface area contributed by atoms with Crippen LogP contribution in [0.5, 0.6) is 0 Å². The summed E-state index contributed by atoms with van der Waals surface area (Å²) >= 11 is 0. The largest absolute Gasteiger partial charge is 0.465 e. The topological polar surface area (TPSA) is 186 Å². The molecule has 0 saturated carbocycles. The molecular weight excluding hydrogens is 707 g/mol. The number of nitrogens with two attached hydrogens (primary N) is 3. The van der Waals surface area contributed by atoms with Crippen molar-refractivity contribution in [2.75, 3.05) is 26.3 Å². The number of ether oxygens (including phenoxy) is 2. The van der Waals surface area contributed by atoms with Crippen molar-refractivity contribution in [1.82, 2.24) is 15.1 Å². The van der Waals surface area contributed by atoms with Crippen molar-refractivity contribution in [3.05, 3.63) is 11.3 Å². The number of nitrogens with one attached hydrogen (secondary N) is 1. The van der Waals surface area contributed by atoms with E-state index in [1.54, 1.807) is 0 Å². The SMILES string of the molecule is CCCCCCCCCC[C@H]1C[C@H]2CC[C@H]3[C@@H](C(=O)OCCCCCCCCCC4N=C(N)N5CCCC5=C4C(=O)OCCCCN=C(N)N)[C@@H](C)N=C(N1)N23. The van der Waals surface area contributed by atoms with Gasteiger partial charge in [0, 0.05) is 36.9 Å². The molecule has 0 bridgehead atoms. The van der Waals surface area contributed by atoms with E-state index in [0.717, 1.165) is 108 Å². The van der Waals surface area contributed by atoms with Gasteiger partial charge in [-0.25, -0.2) is 14.8 Å². The number of carbonyl (C=O) groups excluding carboxylic acids is 2. The Kier molecular flexibility index (Phi) is 17.9.